The summed E-state index contributed by atoms with van der Waals surface area (Å²) >= 11 is 0. The Morgan fingerprint density at radius 1 is 0.444 bits per heavy atom. The molecule has 5 aromatic carbocycles. The Hall–Kier alpha value is -3.67. The summed E-state index contributed by atoms with van der Waals surface area (Å²) < 4.78 is 0. The van der Waals surface area contributed by atoms with Gasteiger partial charge in [0.15, 0.2) is 0 Å². The van der Waals surface area contributed by atoms with Gasteiger partial charge in [0.2, 0.25) is 0 Å². The number of hydrogen-bond donors (Lipinski definition) is 0. The van der Waals surface area contributed by atoms with Crippen molar-refractivity contribution in [2.24, 2.45) is 0 Å². The molecule has 0 saturated heterocycles. The Morgan fingerprint density at radius 2 is 0.833 bits per heavy atom. The van der Waals surface area contributed by atoms with Crippen LogP contribution in [0.5, 0.6) is 0 Å². The average Bonchev–Trinajstić information content (AvgIpc) is 2.95. The molecule has 0 spiro atoms. The summed E-state index contributed by atoms with van der Waals surface area (Å²) in [6.45, 7) is -3.09. The molecule has 180 valence electrons. The number of anilines is 1. The van der Waals surface area contributed by atoms with Crippen LogP contribution < -0.4 is 20.8 Å². The summed E-state index contributed by atoms with van der Waals surface area (Å²) in [6.07, 6.45) is 1.92. The zero-order chi connectivity index (χ0) is 24.9. The molecule has 36 heavy (non-hydrogen) atoms. The maximum atomic E-state index is 2.37. The molecule has 0 aliphatic rings. The number of rotatable bonds is 8. The van der Waals surface area contributed by atoms with E-state index in [4.69, 9.17) is 0 Å². The van der Waals surface area contributed by atoms with Crippen LogP contribution in [-0.4, -0.2) is 14.1 Å². The predicted molar refractivity (Wildman–Crippen MR) is 160 cm³/mol. The van der Waals surface area contributed by atoms with Crippen molar-refractivity contribution in [2.45, 2.75) is 12.3 Å². The van der Waals surface area contributed by atoms with Gasteiger partial charge in [0.25, 0.3) is 0 Å². The van der Waals surface area contributed by atoms with Gasteiger partial charge in [-0.15, -0.1) is 0 Å². The van der Waals surface area contributed by atoms with E-state index in [1.54, 1.807) is 0 Å². The van der Waals surface area contributed by atoms with Gasteiger partial charge in [-0.05, 0) is 0 Å². The molecule has 1 nitrogen and oxygen atoms in total. The van der Waals surface area contributed by atoms with Crippen LogP contribution in [0.15, 0.2) is 146 Å². The Bertz CT molecular complexity index is 1300. The van der Waals surface area contributed by atoms with Gasteiger partial charge in [-0.2, -0.15) is 0 Å². The number of benzene rings is 5. The van der Waals surface area contributed by atoms with Crippen LogP contribution in [0.25, 0.3) is 0 Å². The van der Waals surface area contributed by atoms with E-state index in [0.717, 1.165) is 12.3 Å². The second-order valence-corrected chi connectivity index (χ2v) is 15.0. The third-order valence-electron chi connectivity index (χ3n) is 7.51. The van der Waals surface area contributed by atoms with Crippen molar-refractivity contribution in [3.05, 3.63) is 157 Å². The minimum atomic E-state index is -3.09. The summed E-state index contributed by atoms with van der Waals surface area (Å²) in [5, 5.41) is 4.29. The molecule has 0 bridgehead atoms. The summed E-state index contributed by atoms with van der Waals surface area (Å²) in [5.74, 6) is 0. The SMILES string of the molecule is CN(C)c1ccccc1CP(Cc1ccccc1)(c1ccccc1)(c1ccccc1)c1ccccc1. The van der Waals surface area contributed by atoms with E-state index in [-0.39, 0.29) is 0 Å². The molecule has 0 aromatic heterocycles. The normalized spacial score (nSPS) is 12.4. The van der Waals surface area contributed by atoms with Crippen molar-refractivity contribution < 1.29 is 0 Å². The monoisotopic (exact) mass is 487 g/mol. The molecule has 0 N–H and O–H groups in total. The van der Waals surface area contributed by atoms with E-state index in [9.17, 15) is 0 Å². The van der Waals surface area contributed by atoms with E-state index in [1.165, 1.54) is 32.7 Å². The van der Waals surface area contributed by atoms with Crippen LogP contribution in [-0.2, 0) is 12.3 Å². The Morgan fingerprint density at radius 3 is 1.28 bits per heavy atom. The minimum absolute atomic E-state index is 0.951. The molecule has 0 amide bonds. The molecule has 0 fully saturated rings. The van der Waals surface area contributed by atoms with E-state index >= 15 is 0 Å². The molecule has 0 aliphatic heterocycles. The molecule has 0 atom stereocenters. The first-order valence-corrected chi connectivity index (χ1v) is 15.2. The van der Waals surface area contributed by atoms with Crippen LogP contribution in [0.2, 0.25) is 0 Å². The van der Waals surface area contributed by atoms with Gasteiger partial charge in [-0.3, -0.25) is 0 Å². The van der Waals surface area contributed by atoms with Crippen LogP contribution in [0.1, 0.15) is 11.1 Å². The first-order valence-electron chi connectivity index (χ1n) is 12.6. The van der Waals surface area contributed by atoms with Gasteiger partial charge in [0.05, 0.1) is 0 Å². The molecule has 5 rings (SSSR count). The first kappa shape index (κ1) is 24.0. The molecule has 2 heteroatoms. The second-order valence-electron chi connectivity index (χ2n) is 9.84. The zero-order valence-electron chi connectivity index (χ0n) is 21.2. The van der Waals surface area contributed by atoms with Crippen molar-refractivity contribution in [1.82, 2.24) is 0 Å². The molecular formula is C34H34NP. The van der Waals surface area contributed by atoms with Gasteiger partial charge in [0, 0.05) is 0 Å². The molecular weight excluding hydrogens is 453 g/mol. The summed E-state index contributed by atoms with van der Waals surface area (Å²) in [6, 6.07) is 53.9. The fourth-order valence-electron chi connectivity index (χ4n) is 5.86. The van der Waals surface area contributed by atoms with Crippen LogP contribution >= 0.6 is 6.60 Å². The van der Waals surface area contributed by atoms with Crippen molar-refractivity contribution in [3.63, 3.8) is 0 Å². The summed E-state index contributed by atoms with van der Waals surface area (Å²) in [5.41, 5.74) is 4.03. The second kappa shape index (κ2) is 10.1. The molecule has 0 heterocycles. The van der Waals surface area contributed by atoms with Gasteiger partial charge >= 0.3 is 216 Å². The van der Waals surface area contributed by atoms with Crippen LogP contribution in [0, 0.1) is 0 Å². The molecule has 0 saturated carbocycles. The first-order chi connectivity index (χ1) is 17.6. The number of para-hydroxylation sites is 1. The third kappa shape index (κ3) is 4.15. The van der Waals surface area contributed by atoms with E-state index < -0.39 is 6.60 Å². The Kier molecular flexibility index (Phi) is 6.77. The Labute approximate surface area is 216 Å². The Balaban J connectivity index is 1.96. The van der Waals surface area contributed by atoms with Crippen LogP contribution in [0.4, 0.5) is 5.69 Å². The van der Waals surface area contributed by atoms with Crippen LogP contribution in [0.3, 0.4) is 0 Å². The van der Waals surface area contributed by atoms with Crippen molar-refractivity contribution in [2.75, 3.05) is 19.0 Å². The predicted octanol–water partition coefficient (Wildman–Crippen LogP) is 6.98. The van der Waals surface area contributed by atoms with Gasteiger partial charge < -0.3 is 0 Å². The van der Waals surface area contributed by atoms with Crippen molar-refractivity contribution >= 4 is 28.2 Å². The summed E-state index contributed by atoms with van der Waals surface area (Å²) in [4.78, 5) is 2.25. The van der Waals surface area contributed by atoms with Gasteiger partial charge in [-0.1, -0.05) is 0 Å². The van der Waals surface area contributed by atoms with Gasteiger partial charge in [-0.25, -0.2) is 0 Å². The molecule has 0 aliphatic carbocycles. The molecule has 0 radical (unpaired) electrons. The fraction of sp³-hybridized carbons (Fsp3) is 0.118. The third-order valence-corrected chi connectivity index (χ3v) is 14.2. The summed E-state index contributed by atoms with van der Waals surface area (Å²) in [7, 11) is 4.30. The molecule has 5 aromatic rings. The van der Waals surface area contributed by atoms with Gasteiger partial charge in [0.1, 0.15) is 0 Å². The zero-order valence-corrected chi connectivity index (χ0v) is 22.1. The van der Waals surface area contributed by atoms with E-state index in [1.807, 2.05) is 0 Å². The topological polar surface area (TPSA) is 3.24 Å². The van der Waals surface area contributed by atoms with Crippen molar-refractivity contribution in [3.8, 4) is 0 Å². The number of hydrogen-bond acceptors (Lipinski definition) is 1. The maximum absolute atomic E-state index is 3.09. The fourth-order valence-corrected chi connectivity index (χ4v) is 12.7. The molecule has 0 unspecified atom stereocenters. The quantitative estimate of drug-likeness (QED) is 0.213. The standard InChI is InChI=1S/C34H34NP/c1-35(2)34-26-16-15-19-30(34)28-36(31-20-9-4-10-21-31,32-22-11-5-12-23-32,33-24-13-6-14-25-33)27-29-17-7-3-8-18-29/h3-26H,27-28H2,1-2H3. The number of nitrogens with zero attached hydrogens (tertiary/aromatic N) is 1. The van der Waals surface area contributed by atoms with E-state index in [2.05, 4.69) is 165 Å². The van der Waals surface area contributed by atoms with E-state index in [0.29, 0.717) is 0 Å². The van der Waals surface area contributed by atoms with Crippen molar-refractivity contribution in [1.29, 1.82) is 0 Å². The average molecular weight is 488 g/mol.